The number of carboxylic acids is 1. The number of hydrogen-bond acceptors (Lipinski definition) is 6. The molecule has 0 saturated carbocycles. The van der Waals surface area contributed by atoms with E-state index in [1.54, 1.807) is 0 Å². The number of carbonyl (C=O) groups is 4. The molecule has 10 heteroatoms. The predicted octanol–water partition coefficient (Wildman–Crippen LogP) is 4.71. The molecule has 0 aliphatic heterocycles. The van der Waals surface area contributed by atoms with Crippen molar-refractivity contribution in [2.24, 2.45) is 0 Å². The molecule has 0 unspecified atom stereocenters. The van der Waals surface area contributed by atoms with Gasteiger partial charge in [-0.15, -0.1) is 0 Å². The summed E-state index contributed by atoms with van der Waals surface area (Å²) in [5.41, 5.74) is 5.70. The van der Waals surface area contributed by atoms with E-state index in [1.165, 1.54) is 0 Å². The number of rotatable bonds is 5. The number of anilines is 1. The van der Waals surface area contributed by atoms with Crippen molar-refractivity contribution < 1.29 is 24.3 Å². The summed E-state index contributed by atoms with van der Waals surface area (Å²) >= 11 is 0. The number of aromatic carboxylic acids is 1. The number of carbonyl (C=O) groups excluding carboxylic acids is 3. The topological polar surface area (TPSA) is 158 Å². The molecule has 0 spiro atoms. The average Bonchev–Trinajstić information content (AvgIpc) is 3.44. The lowest BCUT2D eigenvalue weighted by molar-refractivity contribution is 0.0688. The van der Waals surface area contributed by atoms with Crippen molar-refractivity contribution in [1.29, 1.82) is 0 Å². The summed E-state index contributed by atoms with van der Waals surface area (Å²) in [6.07, 6.45) is 7.45. The lowest BCUT2D eigenvalue weighted by atomic mass is 10.0. The van der Waals surface area contributed by atoms with Crippen LogP contribution in [0.4, 0.5) is 5.69 Å². The molecule has 1 aromatic carbocycles. The maximum atomic E-state index is 12.8. The zero-order chi connectivity index (χ0) is 27.2. The number of aromatic nitrogens is 4. The number of nitrogens with one attached hydrogen (secondary N) is 3. The molecule has 2 aromatic heterocycles. The Labute approximate surface area is 220 Å². The molecule has 0 atom stereocenters. The van der Waals surface area contributed by atoms with Crippen LogP contribution in [-0.4, -0.2) is 48.9 Å². The minimum absolute atomic E-state index is 0.0287. The number of fused-ring (bicyclic) bond motifs is 2. The van der Waals surface area contributed by atoms with E-state index in [2.05, 4.69) is 39.6 Å². The van der Waals surface area contributed by atoms with Crippen molar-refractivity contribution in [3.8, 4) is 0 Å². The summed E-state index contributed by atoms with van der Waals surface area (Å²) in [6.45, 7) is 4.15. The Morgan fingerprint density at radius 3 is 1.79 bits per heavy atom. The van der Waals surface area contributed by atoms with Crippen molar-refractivity contribution >= 4 is 29.1 Å². The van der Waals surface area contributed by atoms with Gasteiger partial charge in [-0.05, 0) is 62.5 Å². The van der Waals surface area contributed by atoms with E-state index in [0.717, 1.165) is 67.3 Å². The standard InChI is InChI=1S/C19H23N3O2.C9H10N2O3/c1-3-12-8-7-9-13(4-2)16(12)20-19(24)18-14-10-5-6-11-15(23)17(14)21-22-18;12-6-4-2-1-3-5-7(6)10-11-8(5)9(13)14/h7-9H,3-6,10-11H2,1-2H3,(H,20,24)(H,21,22);1-4H2,(H,10,11)(H,13,14). The molecule has 2 heterocycles. The molecule has 0 radical (unpaired) electrons. The number of hydrogen-bond donors (Lipinski definition) is 4. The Kier molecular flexibility index (Phi) is 8.50. The van der Waals surface area contributed by atoms with Gasteiger partial charge in [0.05, 0.1) is 0 Å². The SMILES string of the molecule is CCc1cccc(CC)c1NC(=O)c1[nH]nc2c1CCCCC2=O.O=C1CCCCc2c1n[nH]c2C(=O)O. The maximum Gasteiger partial charge on any atom is 0.354 e. The van der Waals surface area contributed by atoms with Crippen LogP contribution in [0.3, 0.4) is 0 Å². The smallest absolute Gasteiger partial charge is 0.354 e. The van der Waals surface area contributed by atoms with E-state index >= 15 is 0 Å². The lowest BCUT2D eigenvalue weighted by Crippen LogP contribution is -2.17. The Morgan fingerprint density at radius 1 is 0.816 bits per heavy atom. The third-order valence-electron chi connectivity index (χ3n) is 7.10. The van der Waals surface area contributed by atoms with E-state index in [9.17, 15) is 19.2 Å². The van der Waals surface area contributed by atoms with Crippen molar-refractivity contribution in [3.05, 3.63) is 63.2 Å². The molecule has 1 amide bonds. The second kappa shape index (κ2) is 12.0. The van der Waals surface area contributed by atoms with Crippen LogP contribution in [0.2, 0.25) is 0 Å². The molecule has 38 heavy (non-hydrogen) atoms. The van der Waals surface area contributed by atoms with Crippen LogP contribution in [0.5, 0.6) is 0 Å². The van der Waals surface area contributed by atoms with Crippen LogP contribution >= 0.6 is 0 Å². The molecular formula is C28H33N5O5. The molecule has 0 bridgehead atoms. The van der Waals surface area contributed by atoms with Crippen LogP contribution in [0.25, 0.3) is 0 Å². The summed E-state index contributed by atoms with van der Waals surface area (Å²) < 4.78 is 0. The molecule has 4 N–H and O–H groups in total. The first kappa shape index (κ1) is 27.0. The zero-order valence-electron chi connectivity index (χ0n) is 21.8. The Bertz CT molecular complexity index is 1350. The van der Waals surface area contributed by atoms with Crippen LogP contribution < -0.4 is 5.32 Å². The highest BCUT2D eigenvalue weighted by atomic mass is 16.4. The fourth-order valence-corrected chi connectivity index (χ4v) is 5.03. The normalized spacial score (nSPS) is 14.9. The predicted molar refractivity (Wildman–Crippen MR) is 141 cm³/mol. The van der Waals surface area contributed by atoms with Crippen molar-refractivity contribution in [1.82, 2.24) is 20.4 Å². The number of benzene rings is 1. The zero-order valence-corrected chi connectivity index (χ0v) is 21.8. The molecule has 10 nitrogen and oxygen atoms in total. The number of ketones is 2. The van der Waals surface area contributed by atoms with E-state index in [1.807, 2.05) is 18.2 Å². The number of para-hydroxylation sites is 1. The number of H-pyrrole nitrogens is 2. The molecule has 2 aliphatic carbocycles. The summed E-state index contributed by atoms with van der Waals surface area (Å²) in [4.78, 5) is 47.1. The van der Waals surface area contributed by atoms with Gasteiger partial charge in [0.2, 0.25) is 0 Å². The number of nitrogens with zero attached hydrogens (tertiary/aromatic N) is 2. The van der Waals surface area contributed by atoms with Gasteiger partial charge < -0.3 is 10.4 Å². The van der Waals surface area contributed by atoms with Crippen molar-refractivity contribution in [2.75, 3.05) is 5.32 Å². The number of amides is 1. The minimum Gasteiger partial charge on any atom is -0.477 e. The number of carboxylic acid groups (broad SMARTS) is 1. The van der Waals surface area contributed by atoms with Crippen LogP contribution in [0, 0.1) is 0 Å². The highest BCUT2D eigenvalue weighted by Gasteiger charge is 2.26. The van der Waals surface area contributed by atoms with Gasteiger partial charge in [-0.1, -0.05) is 32.0 Å². The average molecular weight is 520 g/mol. The summed E-state index contributed by atoms with van der Waals surface area (Å²) in [5.74, 6) is -1.29. The van der Waals surface area contributed by atoms with Crippen LogP contribution in [0.1, 0.15) is 117 Å². The van der Waals surface area contributed by atoms with Gasteiger partial charge in [-0.25, -0.2) is 4.79 Å². The summed E-state index contributed by atoms with van der Waals surface area (Å²) in [6, 6.07) is 6.09. The molecule has 0 saturated heterocycles. The Morgan fingerprint density at radius 2 is 1.29 bits per heavy atom. The van der Waals surface area contributed by atoms with Crippen LogP contribution in [-0.2, 0) is 25.7 Å². The van der Waals surface area contributed by atoms with Gasteiger partial charge in [0, 0.05) is 29.7 Å². The van der Waals surface area contributed by atoms with Crippen molar-refractivity contribution in [3.63, 3.8) is 0 Å². The van der Waals surface area contributed by atoms with E-state index in [4.69, 9.17) is 5.11 Å². The molecular weight excluding hydrogens is 486 g/mol. The second-order valence-electron chi connectivity index (χ2n) is 9.53. The number of Topliss-reactive ketones (excluding diaryl/α,β-unsaturated/α-hetero) is 2. The highest BCUT2D eigenvalue weighted by Crippen LogP contribution is 2.26. The molecule has 2 aliphatic rings. The highest BCUT2D eigenvalue weighted by molar-refractivity contribution is 6.07. The van der Waals surface area contributed by atoms with E-state index in [-0.39, 0.29) is 23.2 Å². The first-order valence-electron chi connectivity index (χ1n) is 13.2. The minimum atomic E-state index is -1.05. The summed E-state index contributed by atoms with van der Waals surface area (Å²) in [5, 5.41) is 24.9. The van der Waals surface area contributed by atoms with Gasteiger partial charge in [0.15, 0.2) is 11.6 Å². The number of aryl methyl sites for hydroxylation is 2. The third kappa shape index (κ3) is 5.58. The largest absolute Gasteiger partial charge is 0.477 e. The van der Waals surface area contributed by atoms with Gasteiger partial charge in [0.25, 0.3) is 5.91 Å². The van der Waals surface area contributed by atoms with E-state index in [0.29, 0.717) is 41.9 Å². The molecule has 0 fully saturated rings. The fourth-order valence-electron chi connectivity index (χ4n) is 5.03. The first-order valence-corrected chi connectivity index (χ1v) is 13.2. The molecule has 3 aromatic rings. The first-order chi connectivity index (χ1) is 18.3. The van der Waals surface area contributed by atoms with Gasteiger partial charge in [0.1, 0.15) is 22.8 Å². The van der Waals surface area contributed by atoms with Gasteiger partial charge in [-0.3, -0.25) is 24.6 Å². The fraction of sp³-hybridized carbons (Fsp3) is 0.429. The molecule has 5 rings (SSSR count). The lowest BCUT2D eigenvalue weighted by Gasteiger charge is -2.14. The molecule has 200 valence electrons. The quantitative estimate of drug-likeness (QED) is 0.355. The number of aromatic amines is 2. The second-order valence-corrected chi connectivity index (χ2v) is 9.53. The summed E-state index contributed by atoms with van der Waals surface area (Å²) in [7, 11) is 0. The van der Waals surface area contributed by atoms with Crippen LogP contribution in [0.15, 0.2) is 18.2 Å². The third-order valence-corrected chi connectivity index (χ3v) is 7.10. The van der Waals surface area contributed by atoms with Crippen molar-refractivity contribution in [2.45, 2.75) is 78.1 Å². The van der Waals surface area contributed by atoms with Gasteiger partial charge >= 0.3 is 5.97 Å². The monoisotopic (exact) mass is 519 g/mol. The van der Waals surface area contributed by atoms with Gasteiger partial charge in [-0.2, -0.15) is 10.2 Å². The van der Waals surface area contributed by atoms with E-state index < -0.39 is 5.97 Å². The Balaban J connectivity index is 0.000000204. The maximum absolute atomic E-state index is 12.8. The Hall–Kier alpha value is -4.08.